The molecule has 0 aliphatic rings. The third-order valence-electron chi connectivity index (χ3n) is 3.31. The molecule has 0 fully saturated rings. The molecule has 25 heavy (non-hydrogen) atoms. The summed E-state index contributed by atoms with van der Waals surface area (Å²) >= 11 is 0. The quantitative estimate of drug-likeness (QED) is 0.799. The molecular formula is C16H16F3N3O3. The van der Waals surface area contributed by atoms with Crippen molar-refractivity contribution >= 4 is 17.6 Å². The topological polar surface area (TPSA) is 84.2 Å². The first-order chi connectivity index (χ1) is 11.7. The maximum Gasteiger partial charge on any atom is 0.416 e. The molecule has 1 aromatic heterocycles. The number of nitrogens with zero attached hydrogens (tertiary/aromatic N) is 2. The molecule has 6 nitrogen and oxygen atoms in total. The van der Waals surface area contributed by atoms with Crippen molar-refractivity contribution in [3.63, 3.8) is 0 Å². The third-order valence-corrected chi connectivity index (χ3v) is 3.31. The van der Waals surface area contributed by atoms with Crippen molar-refractivity contribution < 1.29 is 27.9 Å². The van der Waals surface area contributed by atoms with E-state index in [0.717, 1.165) is 12.1 Å². The van der Waals surface area contributed by atoms with Crippen molar-refractivity contribution in [2.75, 3.05) is 5.32 Å². The first-order valence-electron chi connectivity index (χ1n) is 7.44. The Bertz CT molecular complexity index is 756. The predicted molar refractivity (Wildman–Crippen MR) is 82.9 cm³/mol. The SMILES string of the molecule is O=C(O)CCCC(=O)Nc1cnn(Cc2cccc(C(F)(F)F)c2)c1. The molecule has 0 spiro atoms. The highest BCUT2D eigenvalue weighted by Gasteiger charge is 2.30. The van der Waals surface area contributed by atoms with Crippen LogP contribution in [0.3, 0.4) is 0 Å². The zero-order chi connectivity index (χ0) is 18.4. The number of aromatic nitrogens is 2. The van der Waals surface area contributed by atoms with Gasteiger partial charge in [-0.15, -0.1) is 0 Å². The van der Waals surface area contributed by atoms with E-state index in [0.29, 0.717) is 11.3 Å². The van der Waals surface area contributed by atoms with Crippen LogP contribution in [0, 0.1) is 0 Å². The lowest BCUT2D eigenvalue weighted by Gasteiger charge is -2.08. The fourth-order valence-corrected chi connectivity index (χ4v) is 2.17. The Balaban J connectivity index is 1.93. The highest BCUT2D eigenvalue weighted by atomic mass is 19.4. The smallest absolute Gasteiger partial charge is 0.416 e. The molecule has 9 heteroatoms. The van der Waals surface area contributed by atoms with E-state index in [4.69, 9.17) is 5.11 Å². The van der Waals surface area contributed by atoms with Crippen LogP contribution in [0.5, 0.6) is 0 Å². The van der Waals surface area contributed by atoms with E-state index in [9.17, 15) is 22.8 Å². The number of hydrogen-bond acceptors (Lipinski definition) is 3. The van der Waals surface area contributed by atoms with Gasteiger partial charge in [0.05, 0.1) is 24.0 Å². The summed E-state index contributed by atoms with van der Waals surface area (Å²) in [7, 11) is 0. The molecule has 134 valence electrons. The van der Waals surface area contributed by atoms with Crippen LogP contribution in [0.25, 0.3) is 0 Å². The number of amides is 1. The van der Waals surface area contributed by atoms with Crippen molar-refractivity contribution in [2.45, 2.75) is 32.0 Å². The molecular weight excluding hydrogens is 339 g/mol. The molecule has 0 aliphatic carbocycles. The van der Waals surface area contributed by atoms with Crippen LogP contribution >= 0.6 is 0 Å². The second kappa shape index (κ2) is 7.82. The van der Waals surface area contributed by atoms with Gasteiger partial charge in [0, 0.05) is 19.0 Å². The lowest BCUT2D eigenvalue weighted by Crippen LogP contribution is -2.11. The zero-order valence-corrected chi connectivity index (χ0v) is 13.1. The van der Waals surface area contributed by atoms with Gasteiger partial charge in [-0.05, 0) is 24.1 Å². The molecule has 1 aromatic carbocycles. The zero-order valence-electron chi connectivity index (χ0n) is 13.1. The number of halogens is 3. The van der Waals surface area contributed by atoms with Gasteiger partial charge in [-0.2, -0.15) is 18.3 Å². The molecule has 2 aromatic rings. The van der Waals surface area contributed by atoms with Gasteiger partial charge in [-0.3, -0.25) is 14.3 Å². The van der Waals surface area contributed by atoms with E-state index < -0.39 is 17.7 Å². The number of aliphatic carboxylic acids is 1. The van der Waals surface area contributed by atoms with Gasteiger partial charge in [0.15, 0.2) is 0 Å². The fraction of sp³-hybridized carbons (Fsp3) is 0.312. The number of rotatable bonds is 7. The summed E-state index contributed by atoms with van der Waals surface area (Å²) in [5, 5.41) is 15.1. The largest absolute Gasteiger partial charge is 0.481 e. The van der Waals surface area contributed by atoms with Crippen molar-refractivity contribution in [1.82, 2.24) is 9.78 Å². The molecule has 0 saturated carbocycles. The van der Waals surface area contributed by atoms with Gasteiger partial charge in [0.25, 0.3) is 0 Å². The summed E-state index contributed by atoms with van der Waals surface area (Å²) < 4.78 is 39.5. The van der Waals surface area contributed by atoms with Crippen LogP contribution in [-0.4, -0.2) is 26.8 Å². The number of hydrogen-bond donors (Lipinski definition) is 2. The fourth-order valence-electron chi connectivity index (χ4n) is 2.17. The Labute approximate surface area is 141 Å². The number of carboxylic acid groups (broad SMARTS) is 1. The van der Waals surface area contributed by atoms with Gasteiger partial charge >= 0.3 is 12.1 Å². The van der Waals surface area contributed by atoms with Crippen LogP contribution in [-0.2, 0) is 22.3 Å². The second-order valence-corrected chi connectivity index (χ2v) is 5.42. The minimum atomic E-state index is -4.41. The van der Waals surface area contributed by atoms with Crippen LogP contribution in [0.2, 0.25) is 0 Å². The Morgan fingerprint density at radius 1 is 1.24 bits per heavy atom. The molecule has 0 aliphatic heterocycles. The van der Waals surface area contributed by atoms with Crippen molar-refractivity contribution in [3.05, 3.63) is 47.8 Å². The maximum absolute atomic E-state index is 12.7. The first-order valence-corrected chi connectivity index (χ1v) is 7.44. The lowest BCUT2D eigenvalue weighted by atomic mass is 10.1. The van der Waals surface area contributed by atoms with Gasteiger partial charge in [0.1, 0.15) is 0 Å². The van der Waals surface area contributed by atoms with Crippen LogP contribution < -0.4 is 5.32 Å². The Morgan fingerprint density at radius 3 is 2.68 bits per heavy atom. The van der Waals surface area contributed by atoms with Crippen LogP contribution in [0.4, 0.5) is 18.9 Å². The number of carboxylic acids is 1. The molecule has 0 atom stereocenters. The number of alkyl halides is 3. The summed E-state index contributed by atoms with van der Waals surface area (Å²) in [5.41, 5.74) is 0.0914. The number of nitrogens with one attached hydrogen (secondary N) is 1. The average molecular weight is 355 g/mol. The van der Waals surface area contributed by atoms with Gasteiger partial charge in [-0.1, -0.05) is 12.1 Å². The van der Waals surface area contributed by atoms with Crippen molar-refractivity contribution in [1.29, 1.82) is 0 Å². The second-order valence-electron chi connectivity index (χ2n) is 5.42. The Kier molecular flexibility index (Phi) is 5.79. The number of anilines is 1. The predicted octanol–water partition coefficient (Wildman–Crippen LogP) is 3.14. The summed E-state index contributed by atoms with van der Waals surface area (Å²) in [4.78, 5) is 22.0. The van der Waals surface area contributed by atoms with Gasteiger partial charge < -0.3 is 10.4 Å². The van der Waals surface area contributed by atoms with E-state index in [1.807, 2.05) is 0 Å². The molecule has 2 N–H and O–H groups in total. The summed E-state index contributed by atoms with van der Waals surface area (Å²) in [6, 6.07) is 4.93. The third kappa shape index (κ3) is 5.94. The monoisotopic (exact) mass is 355 g/mol. The normalized spacial score (nSPS) is 11.3. The van der Waals surface area contributed by atoms with Crippen molar-refractivity contribution in [3.8, 4) is 0 Å². The highest BCUT2D eigenvalue weighted by Crippen LogP contribution is 2.29. The average Bonchev–Trinajstić information content (AvgIpc) is 2.93. The van der Waals surface area contributed by atoms with E-state index in [1.165, 1.54) is 23.1 Å². The molecule has 1 amide bonds. The van der Waals surface area contributed by atoms with Crippen LogP contribution in [0.1, 0.15) is 30.4 Å². The molecule has 0 saturated heterocycles. The molecule has 0 unspecified atom stereocenters. The first kappa shape index (κ1) is 18.5. The minimum Gasteiger partial charge on any atom is -0.481 e. The molecule has 2 rings (SSSR count). The molecule has 1 heterocycles. The van der Waals surface area contributed by atoms with Gasteiger partial charge in [0.2, 0.25) is 5.91 Å². The number of carbonyl (C=O) groups is 2. The number of carbonyl (C=O) groups excluding carboxylic acids is 1. The van der Waals surface area contributed by atoms with E-state index in [2.05, 4.69) is 10.4 Å². The summed E-state index contributed by atoms with van der Waals surface area (Å²) in [6.07, 6.45) is -1.35. The van der Waals surface area contributed by atoms with Gasteiger partial charge in [-0.25, -0.2) is 0 Å². The number of benzene rings is 1. The van der Waals surface area contributed by atoms with Crippen LogP contribution in [0.15, 0.2) is 36.7 Å². The maximum atomic E-state index is 12.7. The Morgan fingerprint density at radius 2 is 2.00 bits per heavy atom. The summed E-state index contributed by atoms with van der Waals surface area (Å²) in [6.45, 7) is 0.124. The summed E-state index contributed by atoms with van der Waals surface area (Å²) in [5.74, 6) is -1.32. The lowest BCUT2D eigenvalue weighted by molar-refractivity contribution is -0.138. The van der Waals surface area contributed by atoms with E-state index >= 15 is 0 Å². The minimum absolute atomic E-state index is 0.0606. The molecule has 0 bridgehead atoms. The molecule has 0 radical (unpaired) electrons. The standard InChI is InChI=1S/C16H16F3N3O3/c17-16(18,19)12-4-1-3-11(7-12)9-22-10-13(8-20-22)21-14(23)5-2-6-15(24)25/h1,3-4,7-8,10H,2,5-6,9H2,(H,21,23)(H,24,25). The van der Waals surface area contributed by atoms with E-state index in [-0.39, 0.29) is 31.7 Å². The van der Waals surface area contributed by atoms with Crippen molar-refractivity contribution in [2.24, 2.45) is 0 Å². The Hall–Kier alpha value is -2.84. The highest BCUT2D eigenvalue weighted by molar-refractivity contribution is 5.90. The van der Waals surface area contributed by atoms with E-state index in [1.54, 1.807) is 6.07 Å².